The fourth-order valence-corrected chi connectivity index (χ4v) is 1.86. The van der Waals surface area contributed by atoms with Gasteiger partial charge in [-0.25, -0.2) is 0 Å². The first-order valence-electron chi connectivity index (χ1n) is 6.07. The van der Waals surface area contributed by atoms with E-state index in [-0.39, 0.29) is 5.91 Å². The fourth-order valence-electron chi connectivity index (χ4n) is 1.86. The third-order valence-electron chi connectivity index (χ3n) is 2.77. The molecule has 0 spiro atoms. The summed E-state index contributed by atoms with van der Waals surface area (Å²) in [7, 11) is 0. The van der Waals surface area contributed by atoms with E-state index in [0.29, 0.717) is 6.54 Å². The van der Waals surface area contributed by atoms with E-state index in [4.69, 9.17) is 0 Å². The van der Waals surface area contributed by atoms with E-state index in [1.54, 1.807) is 0 Å². The normalized spacial score (nSPS) is 10.2. The molecular formula is C14H21NO. The first-order chi connectivity index (χ1) is 7.70. The summed E-state index contributed by atoms with van der Waals surface area (Å²) in [6, 6.07) is 5.95. The lowest BCUT2D eigenvalue weighted by atomic mass is 9.96. The van der Waals surface area contributed by atoms with E-state index in [9.17, 15) is 4.79 Å². The van der Waals surface area contributed by atoms with Crippen LogP contribution in [0.15, 0.2) is 18.2 Å². The average molecular weight is 219 g/mol. The topological polar surface area (TPSA) is 29.1 Å². The van der Waals surface area contributed by atoms with Crippen LogP contribution in [-0.4, -0.2) is 12.5 Å². The molecule has 0 unspecified atom stereocenters. The van der Waals surface area contributed by atoms with Gasteiger partial charge in [0.1, 0.15) is 0 Å². The molecule has 1 N–H and O–H groups in total. The number of carbonyl (C=O) groups is 1. The molecule has 0 saturated carbocycles. The molecule has 0 aromatic heterocycles. The van der Waals surface area contributed by atoms with Crippen molar-refractivity contribution in [2.75, 3.05) is 6.54 Å². The molecule has 0 bridgehead atoms. The maximum absolute atomic E-state index is 11.9. The van der Waals surface area contributed by atoms with Crippen LogP contribution in [-0.2, 0) is 6.42 Å². The van der Waals surface area contributed by atoms with Gasteiger partial charge in [0.15, 0.2) is 0 Å². The number of hydrogen-bond acceptors (Lipinski definition) is 1. The van der Waals surface area contributed by atoms with Crippen molar-refractivity contribution in [1.82, 2.24) is 5.32 Å². The molecule has 88 valence electrons. The monoisotopic (exact) mass is 219 g/mol. The van der Waals surface area contributed by atoms with Crippen LogP contribution < -0.4 is 5.32 Å². The van der Waals surface area contributed by atoms with Gasteiger partial charge in [0.05, 0.1) is 0 Å². The Morgan fingerprint density at radius 3 is 2.69 bits per heavy atom. The first-order valence-corrected chi connectivity index (χ1v) is 6.07. The summed E-state index contributed by atoms with van der Waals surface area (Å²) >= 11 is 0. The Kier molecular flexibility index (Phi) is 5.03. The summed E-state index contributed by atoms with van der Waals surface area (Å²) in [5.41, 5.74) is 3.27. The molecule has 0 fully saturated rings. The van der Waals surface area contributed by atoms with Crippen LogP contribution in [0, 0.1) is 6.92 Å². The minimum absolute atomic E-state index is 0.0531. The van der Waals surface area contributed by atoms with E-state index in [1.165, 1.54) is 11.1 Å². The quantitative estimate of drug-likeness (QED) is 0.810. The van der Waals surface area contributed by atoms with E-state index >= 15 is 0 Å². The SMILES string of the molecule is CCCCc1c(C)cccc1C(=O)NCC. The standard InChI is InChI=1S/C14H21NO/c1-4-6-9-12-11(3)8-7-10-13(12)14(16)15-5-2/h7-8,10H,4-6,9H2,1-3H3,(H,15,16). The van der Waals surface area contributed by atoms with Crippen molar-refractivity contribution in [3.8, 4) is 0 Å². The number of benzene rings is 1. The zero-order valence-electron chi connectivity index (χ0n) is 10.5. The lowest BCUT2D eigenvalue weighted by Gasteiger charge is -2.11. The second kappa shape index (κ2) is 6.31. The Morgan fingerprint density at radius 2 is 2.06 bits per heavy atom. The molecule has 1 aromatic carbocycles. The zero-order chi connectivity index (χ0) is 12.0. The number of nitrogens with one attached hydrogen (secondary N) is 1. The highest BCUT2D eigenvalue weighted by atomic mass is 16.1. The molecular weight excluding hydrogens is 198 g/mol. The highest BCUT2D eigenvalue weighted by Crippen LogP contribution is 2.17. The molecule has 2 nitrogen and oxygen atoms in total. The van der Waals surface area contributed by atoms with Gasteiger partial charge in [0.2, 0.25) is 0 Å². The minimum atomic E-state index is 0.0531. The molecule has 0 atom stereocenters. The molecule has 16 heavy (non-hydrogen) atoms. The van der Waals surface area contributed by atoms with Crippen LogP contribution in [0.4, 0.5) is 0 Å². The molecule has 0 aliphatic rings. The highest BCUT2D eigenvalue weighted by molar-refractivity contribution is 5.95. The molecule has 0 radical (unpaired) electrons. The molecule has 0 heterocycles. The number of rotatable bonds is 5. The van der Waals surface area contributed by atoms with E-state index in [0.717, 1.165) is 24.8 Å². The molecule has 0 saturated heterocycles. The molecule has 1 aromatic rings. The Labute approximate surface area is 98.1 Å². The Hall–Kier alpha value is -1.31. The van der Waals surface area contributed by atoms with Crippen molar-refractivity contribution in [3.63, 3.8) is 0 Å². The third-order valence-corrected chi connectivity index (χ3v) is 2.77. The van der Waals surface area contributed by atoms with Crippen molar-refractivity contribution in [3.05, 3.63) is 34.9 Å². The van der Waals surface area contributed by atoms with Gasteiger partial charge in [0.25, 0.3) is 5.91 Å². The summed E-state index contributed by atoms with van der Waals surface area (Å²) in [5.74, 6) is 0.0531. The van der Waals surface area contributed by atoms with Gasteiger partial charge in [-0.3, -0.25) is 4.79 Å². The predicted octanol–water partition coefficient (Wildman–Crippen LogP) is 3.09. The summed E-state index contributed by atoms with van der Waals surface area (Å²) in [6.07, 6.45) is 3.29. The van der Waals surface area contributed by atoms with Crippen LogP contribution >= 0.6 is 0 Å². The van der Waals surface area contributed by atoms with Gasteiger partial charge in [-0.2, -0.15) is 0 Å². The summed E-state index contributed by atoms with van der Waals surface area (Å²) in [6.45, 7) is 6.87. The van der Waals surface area contributed by atoms with Crippen LogP contribution in [0.5, 0.6) is 0 Å². The second-order valence-electron chi connectivity index (χ2n) is 4.06. The smallest absolute Gasteiger partial charge is 0.251 e. The maximum Gasteiger partial charge on any atom is 0.251 e. The number of hydrogen-bond donors (Lipinski definition) is 1. The Balaban J connectivity index is 2.97. The van der Waals surface area contributed by atoms with Gasteiger partial charge in [0, 0.05) is 12.1 Å². The largest absolute Gasteiger partial charge is 0.352 e. The van der Waals surface area contributed by atoms with E-state index in [1.807, 2.05) is 19.1 Å². The molecule has 0 aliphatic carbocycles. The van der Waals surface area contributed by atoms with Crippen LogP contribution in [0.2, 0.25) is 0 Å². The van der Waals surface area contributed by atoms with Crippen molar-refractivity contribution in [1.29, 1.82) is 0 Å². The van der Waals surface area contributed by atoms with Crippen LogP contribution in [0.25, 0.3) is 0 Å². The summed E-state index contributed by atoms with van der Waals surface area (Å²) in [4.78, 5) is 11.9. The lowest BCUT2D eigenvalue weighted by Crippen LogP contribution is -2.24. The highest BCUT2D eigenvalue weighted by Gasteiger charge is 2.11. The van der Waals surface area contributed by atoms with E-state index < -0.39 is 0 Å². The van der Waals surface area contributed by atoms with Crippen molar-refractivity contribution >= 4 is 5.91 Å². The van der Waals surface area contributed by atoms with Gasteiger partial charge in [-0.15, -0.1) is 0 Å². The van der Waals surface area contributed by atoms with E-state index in [2.05, 4.69) is 25.2 Å². The number of amides is 1. The summed E-state index contributed by atoms with van der Waals surface area (Å²) < 4.78 is 0. The Morgan fingerprint density at radius 1 is 1.31 bits per heavy atom. The minimum Gasteiger partial charge on any atom is -0.352 e. The van der Waals surface area contributed by atoms with Crippen LogP contribution in [0.1, 0.15) is 48.2 Å². The van der Waals surface area contributed by atoms with Crippen molar-refractivity contribution < 1.29 is 4.79 Å². The molecule has 2 heteroatoms. The Bertz CT molecular complexity index is 358. The van der Waals surface area contributed by atoms with Gasteiger partial charge in [-0.05, 0) is 43.9 Å². The average Bonchev–Trinajstić information content (AvgIpc) is 2.27. The third kappa shape index (κ3) is 3.09. The molecule has 1 amide bonds. The number of carbonyl (C=O) groups excluding carboxylic acids is 1. The van der Waals surface area contributed by atoms with Gasteiger partial charge < -0.3 is 5.32 Å². The number of aryl methyl sites for hydroxylation is 1. The summed E-state index contributed by atoms with van der Waals surface area (Å²) in [5, 5.41) is 2.87. The van der Waals surface area contributed by atoms with Gasteiger partial charge >= 0.3 is 0 Å². The second-order valence-corrected chi connectivity index (χ2v) is 4.06. The lowest BCUT2D eigenvalue weighted by molar-refractivity contribution is 0.0954. The molecule has 0 aliphatic heterocycles. The molecule has 1 rings (SSSR count). The number of unbranched alkanes of at least 4 members (excludes halogenated alkanes) is 1. The van der Waals surface area contributed by atoms with Crippen LogP contribution in [0.3, 0.4) is 0 Å². The maximum atomic E-state index is 11.9. The van der Waals surface area contributed by atoms with Crippen molar-refractivity contribution in [2.45, 2.75) is 40.0 Å². The first kappa shape index (κ1) is 12.8. The van der Waals surface area contributed by atoms with Gasteiger partial charge in [-0.1, -0.05) is 25.5 Å². The predicted molar refractivity (Wildman–Crippen MR) is 67.8 cm³/mol. The zero-order valence-corrected chi connectivity index (χ0v) is 10.5. The fraction of sp³-hybridized carbons (Fsp3) is 0.500. The van der Waals surface area contributed by atoms with Crippen molar-refractivity contribution in [2.24, 2.45) is 0 Å².